The van der Waals surface area contributed by atoms with Gasteiger partial charge in [-0.1, -0.05) is 35.4 Å². The number of nitrogens with one attached hydrogen (secondary N) is 1. The van der Waals surface area contributed by atoms with Gasteiger partial charge in [0.2, 0.25) is 5.78 Å². The maximum Gasteiger partial charge on any atom is 0.210 e. The third-order valence-electron chi connectivity index (χ3n) is 4.43. The number of aryl methyl sites for hydroxylation is 2. The average Bonchev–Trinajstić information content (AvgIpc) is 2.61. The maximum absolute atomic E-state index is 12.8. The summed E-state index contributed by atoms with van der Waals surface area (Å²) in [5.41, 5.74) is 5.59. The molecular formula is C23H23NO2. The van der Waals surface area contributed by atoms with Crippen LogP contribution in [0.15, 0.2) is 65.9 Å². The fourth-order valence-electron chi connectivity index (χ4n) is 2.98. The minimum Gasteiger partial charge on any atom is -0.352 e. The van der Waals surface area contributed by atoms with E-state index in [1.807, 2.05) is 43.3 Å². The molecule has 3 nitrogen and oxygen atoms in total. The van der Waals surface area contributed by atoms with Crippen LogP contribution in [0, 0.1) is 6.92 Å². The summed E-state index contributed by atoms with van der Waals surface area (Å²) in [6.07, 6.45) is 5.37. The van der Waals surface area contributed by atoms with Gasteiger partial charge >= 0.3 is 0 Å². The molecule has 0 spiro atoms. The molecule has 0 unspecified atom stereocenters. The van der Waals surface area contributed by atoms with Crippen LogP contribution in [-0.4, -0.2) is 11.6 Å². The van der Waals surface area contributed by atoms with Gasteiger partial charge < -0.3 is 5.32 Å². The number of benzene rings is 2. The Hall–Kier alpha value is -2.94. The molecule has 0 heterocycles. The van der Waals surface area contributed by atoms with Crippen LogP contribution in [0.2, 0.25) is 0 Å². The lowest BCUT2D eigenvalue weighted by Gasteiger charge is -2.17. The van der Waals surface area contributed by atoms with Crippen molar-refractivity contribution in [1.82, 2.24) is 0 Å². The van der Waals surface area contributed by atoms with Gasteiger partial charge in [-0.25, -0.2) is 0 Å². The summed E-state index contributed by atoms with van der Waals surface area (Å²) in [6, 6.07) is 13.3. The zero-order chi connectivity index (χ0) is 18.7. The van der Waals surface area contributed by atoms with Crippen LogP contribution in [0.1, 0.15) is 52.1 Å². The number of anilines is 1. The Kier molecular flexibility index (Phi) is 5.17. The largest absolute Gasteiger partial charge is 0.352 e. The molecule has 2 aromatic rings. The van der Waals surface area contributed by atoms with E-state index in [0.29, 0.717) is 16.8 Å². The van der Waals surface area contributed by atoms with Gasteiger partial charge in [0.15, 0.2) is 5.78 Å². The zero-order valence-corrected chi connectivity index (χ0v) is 15.4. The van der Waals surface area contributed by atoms with Gasteiger partial charge in [-0.05, 0) is 63.4 Å². The summed E-state index contributed by atoms with van der Waals surface area (Å²) in [5, 5.41) is 3.07. The first-order valence-corrected chi connectivity index (χ1v) is 8.85. The van der Waals surface area contributed by atoms with Gasteiger partial charge in [0.25, 0.3) is 0 Å². The van der Waals surface area contributed by atoms with E-state index in [0.717, 1.165) is 29.7 Å². The molecule has 1 N–H and O–H groups in total. The lowest BCUT2D eigenvalue weighted by Crippen LogP contribution is -2.21. The summed E-state index contributed by atoms with van der Waals surface area (Å²) in [6.45, 7) is 6.15. The van der Waals surface area contributed by atoms with E-state index in [4.69, 9.17) is 0 Å². The fraction of sp³-hybridized carbons (Fsp3) is 0.217. The van der Waals surface area contributed by atoms with E-state index in [-0.39, 0.29) is 11.6 Å². The molecule has 0 fully saturated rings. The van der Waals surface area contributed by atoms with Gasteiger partial charge in [-0.2, -0.15) is 0 Å². The minimum absolute atomic E-state index is 0.127. The van der Waals surface area contributed by atoms with E-state index in [1.54, 1.807) is 6.07 Å². The van der Waals surface area contributed by atoms with Crippen LogP contribution in [0.25, 0.3) is 0 Å². The normalized spacial score (nSPS) is 13.1. The summed E-state index contributed by atoms with van der Waals surface area (Å²) in [5.74, 6) is -0.269. The number of Topliss-reactive ketones (excluding diaryl/α,β-unsaturated/α-hetero) is 1. The van der Waals surface area contributed by atoms with E-state index >= 15 is 0 Å². The second kappa shape index (κ2) is 7.52. The Bertz CT molecular complexity index is 914. The highest BCUT2D eigenvalue weighted by molar-refractivity contribution is 6.25. The van der Waals surface area contributed by atoms with Crippen LogP contribution >= 0.6 is 0 Å². The quantitative estimate of drug-likeness (QED) is 0.751. The van der Waals surface area contributed by atoms with Crippen molar-refractivity contribution in [1.29, 1.82) is 0 Å². The lowest BCUT2D eigenvalue weighted by molar-refractivity contribution is 0.0985. The first-order valence-electron chi connectivity index (χ1n) is 8.85. The maximum atomic E-state index is 12.8. The molecule has 3 heteroatoms. The Labute approximate surface area is 154 Å². The Morgan fingerprint density at radius 3 is 2.42 bits per heavy atom. The van der Waals surface area contributed by atoms with Crippen molar-refractivity contribution < 1.29 is 9.59 Å². The van der Waals surface area contributed by atoms with E-state index in [9.17, 15) is 9.59 Å². The Morgan fingerprint density at radius 2 is 1.73 bits per heavy atom. The predicted octanol–water partition coefficient (Wildman–Crippen LogP) is 5.27. The number of hydrogen-bond acceptors (Lipinski definition) is 3. The van der Waals surface area contributed by atoms with Crippen molar-refractivity contribution in [3.8, 4) is 0 Å². The Balaban J connectivity index is 1.81. The first kappa shape index (κ1) is 17.9. The van der Waals surface area contributed by atoms with Crippen molar-refractivity contribution in [3.63, 3.8) is 0 Å². The van der Waals surface area contributed by atoms with Crippen molar-refractivity contribution in [2.24, 2.45) is 0 Å². The monoisotopic (exact) mass is 345 g/mol. The summed E-state index contributed by atoms with van der Waals surface area (Å²) >= 11 is 0. The van der Waals surface area contributed by atoms with Crippen LogP contribution in [0.4, 0.5) is 5.69 Å². The van der Waals surface area contributed by atoms with E-state index in [2.05, 4.69) is 25.2 Å². The number of carbonyl (C=O) groups is 2. The van der Waals surface area contributed by atoms with Crippen LogP contribution in [0.3, 0.4) is 0 Å². The molecule has 0 atom stereocenters. The number of allylic oxidation sites excluding steroid dienone is 4. The molecule has 1 aliphatic carbocycles. The highest BCUT2D eigenvalue weighted by Crippen LogP contribution is 2.24. The third-order valence-corrected chi connectivity index (χ3v) is 4.43. The molecule has 0 amide bonds. The van der Waals surface area contributed by atoms with Crippen LogP contribution < -0.4 is 5.32 Å². The molecular weight excluding hydrogens is 322 g/mol. The molecule has 26 heavy (non-hydrogen) atoms. The standard InChI is InChI=1S/C23H23NO2/c1-15(2)5-4-6-17-9-12-19-20(13-17)22(25)14-21(23(19)26)24-18-10-7-16(3)8-11-18/h5,7-14,24H,4,6H2,1-3H3. The smallest absolute Gasteiger partial charge is 0.210 e. The molecule has 0 bridgehead atoms. The Morgan fingerprint density at radius 1 is 1.00 bits per heavy atom. The molecule has 132 valence electrons. The molecule has 0 radical (unpaired) electrons. The van der Waals surface area contributed by atoms with Gasteiger partial charge in [0.05, 0.1) is 5.70 Å². The number of rotatable bonds is 5. The average molecular weight is 345 g/mol. The zero-order valence-electron chi connectivity index (χ0n) is 15.4. The van der Waals surface area contributed by atoms with Gasteiger partial charge in [-0.15, -0.1) is 0 Å². The fourth-order valence-corrected chi connectivity index (χ4v) is 2.98. The summed E-state index contributed by atoms with van der Waals surface area (Å²) in [4.78, 5) is 25.3. The molecule has 0 saturated heterocycles. The van der Waals surface area contributed by atoms with Crippen molar-refractivity contribution in [2.75, 3.05) is 5.32 Å². The van der Waals surface area contributed by atoms with Crippen LogP contribution in [0.5, 0.6) is 0 Å². The highest BCUT2D eigenvalue weighted by atomic mass is 16.1. The SMILES string of the molecule is CC(C)=CCCc1ccc2c(c1)C(=O)C=C(Nc1ccc(C)cc1)C2=O. The third kappa shape index (κ3) is 3.99. The molecule has 0 aromatic heterocycles. The molecule has 0 aliphatic heterocycles. The highest BCUT2D eigenvalue weighted by Gasteiger charge is 2.25. The van der Waals surface area contributed by atoms with Crippen LogP contribution in [-0.2, 0) is 6.42 Å². The number of carbonyl (C=O) groups excluding carboxylic acids is 2. The molecule has 2 aromatic carbocycles. The molecule has 1 aliphatic rings. The molecule has 0 saturated carbocycles. The van der Waals surface area contributed by atoms with Crippen molar-refractivity contribution in [3.05, 3.63) is 88.1 Å². The predicted molar refractivity (Wildman–Crippen MR) is 106 cm³/mol. The topological polar surface area (TPSA) is 46.2 Å². The summed E-state index contributed by atoms with van der Waals surface area (Å²) < 4.78 is 0. The van der Waals surface area contributed by atoms with Crippen molar-refractivity contribution >= 4 is 17.3 Å². The first-order chi connectivity index (χ1) is 12.4. The lowest BCUT2D eigenvalue weighted by atomic mass is 9.90. The van der Waals surface area contributed by atoms with E-state index in [1.165, 1.54) is 11.6 Å². The number of hydrogen-bond donors (Lipinski definition) is 1. The number of fused-ring (bicyclic) bond motifs is 1. The van der Waals surface area contributed by atoms with E-state index < -0.39 is 0 Å². The van der Waals surface area contributed by atoms with Crippen molar-refractivity contribution in [2.45, 2.75) is 33.6 Å². The molecule has 3 rings (SSSR count). The van der Waals surface area contributed by atoms with Gasteiger partial charge in [0.1, 0.15) is 0 Å². The number of ketones is 2. The van der Waals surface area contributed by atoms with Gasteiger partial charge in [0, 0.05) is 22.9 Å². The minimum atomic E-state index is -0.143. The van der Waals surface area contributed by atoms with Gasteiger partial charge in [-0.3, -0.25) is 9.59 Å². The second-order valence-corrected chi connectivity index (χ2v) is 6.94. The summed E-state index contributed by atoms with van der Waals surface area (Å²) in [7, 11) is 0. The second-order valence-electron chi connectivity index (χ2n) is 6.94.